The molecule has 0 aliphatic rings. The zero-order chi connectivity index (χ0) is 18.7. The van der Waals surface area contributed by atoms with E-state index in [0.29, 0.717) is 27.3 Å². The molecule has 3 rings (SSSR count). The lowest BCUT2D eigenvalue weighted by atomic mass is 10.1. The van der Waals surface area contributed by atoms with Gasteiger partial charge in [-0.2, -0.15) is 0 Å². The second kappa shape index (κ2) is 7.44. The molecule has 0 fully saturated rings. The molecule has 0 aliphatic heterocycles. The van der Waals surface area contributed by atoms with Gasteiger partial charge in [0.05, 0.1) is 11.3 Å². The first-order valence-electron chi connectivity index (χ1n) is 7.91. The average Bonchev–Trinajstić information content (AvgIpc) is 3.06. The average molecular weight is 369 g/mol. The van der Waals surface area contributed by atoms with Crippen LogP contribution < -0.4 is 16.0 Å². The number of hydrogen-bond acceptors (Lipinski definition) is 8. The maximum Gasteiger partial charge on any atom is 0.255 e. The van der Waals surface area contributed by atoms with Crippen LogP contribution in [0.15, 0.2) is 36.5 Å². The molecule has 0 radical (unpaired) electrons. The number of hydrogen-bond donors (Lipinski definition) is 2. The molecule has 134 valence electrons. The zero-order valence-electron chi connectivity index (χ0n) is 14.7. The van der Waals surface area contributed by atoms with Gasteiger partial charge >= 0.3 is 0 Å². The number of carbonyl (C=O) groups is 1. The van der Waals surface area contributed by atoms with Crippen molar-refractivity contribution in [3.63, 3.8) is 0 Å². The van der Waals surface area contributed by atoms with E-state index >= 15 is 0 Å². The molecule has 0 saturated carbocycles. The molecule has 9 heteroatoms. The van der Waals surface area contributed by atoms with E-state index in [-0.39, 0.29) is 5.91 Å². The Kier molecular flexibility index (Phi) is 5.08. The second-order valence-electron chi connectivity index (χ2n) is 5.86. The van der Waals surface area contributed by atoms with Crippen molar-refractivity contribution in [3.05, 3.63) is 58.4 Å². The van der Waals surface area contributed by atoms with Crippen LogP contribution in [0.2, 0.25) is 0 Å². The number of nitrogens with two attached hydrogens (primary N) is 1. The second-order valence-corrected chi connectivity index (χ2v) is 6.90. The van der Waals surface area contributed by atoms with Crippen molar-refractivity contribution < 1.29 is 4.79 Å². The monoisotopic (exact) mass is 369 g/mol. The van der Waals surface area contributed by atoms with Gasteiger partial charge in [-0.15, -0.1) is 10.2 Å². The Bertz CT molecular complexity index is 910. The lowest BCUT2D eigenvalue weighted by Crippen LogP contribution is -2.30. The number of carbonyl (C=O) groups excluding carboxylic acids is 1. The molecule has 8 nitrogen and oxygen atoms in total. The largest absolute Gasteiger partial charge is 0.374 e. The number of rotatable bonds is 5. The van der Waals surface area contributed by atoms with Gasteiger partial charge in [0.15, 0.2) is 0 Å². The molecule has 1 atom stereocenters. The van der Waals surface area contributed by atoms with Crippen LogP contribution in [0.5, 0.6) is 0 Å². The summed E-state index contributed by atoms with van der Waals surface area (Å²) in [5, 5.41) is 11.9. The van der Waals surface area contributed by atoms with E-state index in [9.17, 15) is 4.79 Å². The predicted molar refractivity (Wildman–Crippen MR) is 101 cm³/mol. The number of aromatic nitrogens is 4. The summed E-state index contributed by atoms with van der Waals surface area (Å²) < 4.78 is 0. The van der Waals surface area contributed by atoms with Gasteiger partial charge in [-0.05, 0) is 12.5 Å². The van der Waals surface area contributed by atoms with E-state index in [2.05, 4.69) is 25.5 Å². The Labute approximate surface area is 155 Å². The number of nitrogens with one attached hydrogen (secondary N) is 1. The molecular weight excluding hydrogens is 350 g/mol. The Morgan fingerprint density at radius 3 is 2.54 bits per heavy atom. The predicted octanol–water partition coefficient (Wildman–Crippen LogP) is 1.80. The van der Waals surface area contributed by atoms with Crippen LogP contribution in [0.1, 0.15) is 32.7 Å². The SMILES string of the molecule is Cc1nc(N(C)C)ncc1C(=O)NC(c1ccccc1)c1nnc(N)s1. The number of nitrogens with zero attached hydrogens (tertiary/aromatic N) is 5. The summed E-state index contributed by atoms with van der Waals surface area (Å²) in [4.78, 5) is 23.2. The molecule has 0 saturated heterocycles. The van der Waals surface area contributed by atoms with Crippen LogP contribution in [0.25, 0.3) is 0 Å². The van der Waals surface area contributed by atoms with Gasteiger partial charge in [0.1, 0.15) is 11.0 Å². The maximum atomic E-state index is 12.8. The molecule has 0 spiro atoms. The van der Waals surface area contributed by atoms with E-state index < -0.39 is 6.04 Å². The van der Waals surface area contributed by atoms with Crippen molar-refractivity contribution in [2.75, 3.05) is 24.7 Å². The molecule has 1 aromatic carbocycles. The van der Waals surface area contributed by atoms with Gasteiger partial charge in [-0.1, -0.05) is 41.7 Å². The molecule has 1 unspecified atom stereocenters. The Balaban J connectivity index is 1.91. The highest BCUT2D eigenvalue weighted by Gasteiger charge is 2.23. The summed E-state index contributed by atoms with van der Waals surface area (Å²) in [6, 6.07) is 9.10. The van der Waals surface area contributed by atoms with Crippen molar-refractivity contribution in [1.82, 2.24) is 25.5 Å². The number of nitrogen functional groups attached to an aromatic ring is 1. The van der Waals surface area contributed by atoms with E-state index in [1.807, 2.05) is 44.4 Å². The first-order valence-corrected chi connectivity index (χ1v) is 8.73. The van der Waals surface area contributed by atoms with Crippen LogP contribution in [0.4, 0.5) is 11.1 Å². The van der Waals surface area contributed by atoms with Gasteiger partial charge in [-0.3, -0.25) is 4.79 Å². The Hall–Kier alpha value is -3.07. The van der Waals surface area contributed by atoms with Crippen molar-refractivity contribution in [3.8, 4) is 0 Å². The maximum absolute atomic E-state index is 12.8. The third-order valence-corrected chi connectivity index (χ3v) is 4.54. The first kappa shape index (κ1) is 17.7. The molecule has 1 amide bonds. The molecule has 3 N–H and O–H groups in total. The van der Waals surface area contributed by atoms with Crippen molar-refractivity contribution >= 4 is 28.3 Å². The molecule has 2 aromatic heterocycles. The van der Waals surface area contributed by atoms with Crippen LogP contribution in [0.3, 0.4) is 0 Å². The van der Waals surface area contributed by atoms with E-state index in [0.717, 1.165) is 5.56 Å². The lowest BCUT2D eigenvalue weighted by Gasteiger charge is -2.18. The molecule has 2 heterocycles. The van der Waals surface area contributed by atoms with Crippen molar-refractivity contribution in [1.29, 1.82) is 0 Å². The smallest absolute Gasteiger partial charge is 0.255 e. The minimum atomic E-state index is -0.452. The number of benzene rings is 1. The molecular formula is C17H19N7OS. The van der Waals surface area contributed by atoms with E-state index in [1.54, 1.807) is 11.8 Å². The fourth-order valence-corrected chi connectivity index (χ4v) is 3.09. The fraction of sp³-hybridized carbons (Fsp3) is 0.235. The zero-order valence-corrected chi connectivity index (χ0v) is 15.5. The number of anilines is 2. The summed E-state index contributed by atoms with van der Waals surface area (Å²) in [6.45, 7) is 1.78. The van der Waals surface area contributed by atoms with Crippen molar-refractivity contribution in [2.45, 2.75) is 13.0 Å². The van der Waals surface area contributed by atoms with Crippen LogP contribution in [-0.4, -0.2) is 40.2 Å². The summed E-state index contributed by atoms with van der Waals surface area (Å²) in [7, 11) is 3.69. The normalized spacial score (nSPS) is 11.8. The Morgan fingerprint density at radius 1 is 1.23 bits per heavy atom. The molecule has 3 aromatic rings. The summed E-state index contributed by atoms with van der Waals surface area (Å²) in [5.74, 6) is 0.269. The molecule has 0 bridgehead atoms. The lowest BCUT2D eigenvalue weighted by molar-refractivity contribution is 0.0941. The third-order valence-electron chi connectivity index (χ3n) is 3.72. The quantitative estimate of drug-likeness (QED) is 0.705. The highest BCUT2D eigenvalue weighted by Crippen LogP contribution is 2.26. The van der Waals surface area contributed by atoms with Crippen LogP contribution in [0, 0.1) is 6.92 Å². The topological polar surface area (TPSA) is 110 Å². The van der Waals surface area contributed by atoms with Crippen LogP contribution >= 0.6 is 11.3 Å². The molecule has 26 heavy (non-hydrogen) atoms. The van der Waals surface area contributed by atoms with Gasteiger partial charge in [0, 0.05) is 20.3 Å². The Morgan fingerprint density at radius 2 is 1.96 bits per heavy atom. The van der Waals surface area contributed by atoms with Crippen LogP contribution in [-0.2, 0) is 0 Å². The highest BCUT2D eigenvalue weighted by atomic mass is 32.1. The first-order chi connectivity index (χ1) is 12.5. The van der Waals surface area contributed by atoms with Gasteiger partial charge in [-0.25, -0.2) is 9.97 Å². The summed E-state index contributed by atoms with van der Waals surface area (Å²) in [5.41, 5.74) is 7.62. The van der Waals surface area contributed by atoms with Gasteiger partial charge < -0.3 is 16.0 Å². The summed E-state index contributed by atoms with van der Waals surface area (Å²) >= 11 is 1.24. The fourth-order valence-electron chi connectivity index (χ4n) is 2.40. The van der Waals surface area contributed by atoms with Gasteiger partial charge in [0.25, 0.3) is 5.91 Å². The highest BCUT2D eigenvalue weighted by molar-refractivity contribution is 7.15. The van der Waals surface area contributed by atoms with Gasteiger partial charge in [0.2, 0.25) is 11.1 Å². The third kappa shape index (κ3) is 3.77. The number of aryl methyl sites for hydroxylation is 1. The standard InChI is InChI=1S/C17H19N7OS/c1-10-12(9-19-17(20-10)24(2)3)14(25)21-13(11-7-5-4-6-8-11)15-22-23-16(18)26-15/h4-9,13H,1-3H3,(H2,18,23)(H,21,25). The van der Waals surface area contributed by atoms with E-state index in [4.69, 9.17) is 5.73 Å². The summed E-state index contributed by atoms with van der Waals surface area (Å²) in [6.07, 6.45) is 1.53. The molecule has 0 aliphatic carbocycles. The minimum absolute atomic E-state index is 0.282. The minimum Gasteiger partial charge on any atom is -0.374 e. The number of amides is 1. The van der Waals surface area contributed by atoms with E-state index in [1.165, 1.54) is 17.5 Å². The van der Waals surface area contributed by atoms with Crippen molar-refractivity contribution in [2.24, 2.45) is 0 Å².